The summed E-state index contributed by atoms with van der Waals surface area (Å²) >= 11 is 0. The van der Waals surface area contributed by atoms with Gasteiger partial charge in [-0.25, -0.2) is 0 Å². The number of Topliss-reactive ketones (excluding diaryl/α,β-unsaturated/α-hetero) is 1. The fraction of sp³-hybridized carbons (Fsp3) is 0.400. The van der Waals surface area contributed by atoms with Crippen LogP contribution < -0.4 is 5.32 Å². The second kappa shape index (κ2) is 6.32. The van der Waals surface area contributed by atoms with E-state index in [0.717, 1.165) is 0 Å². The molecule has 5 nitrogen and oxygen atoms in total. The minimum atomic E-state index is -0.537. The van der Waals surface area contributed by atoms with Gasteiger partial charge in [-0.1, -0.05) is 18.2 Å². The highest BCUT2D eigenvalue weighted by atomic mass is 16.6. The molecule has 20 heavy (non-hydrogen) atoms. The topological polar surface area (TPSA) is 79.3 Å². The lowest BCUT2D eigenvalue weighted by molar-refractivity contribution is -0.152. The third-order valence-electron chi connectivity index (χ3n) is 2.39. The molecule has 0 spiro atoms. The van der Waals surface area contributed by atoms with Gasteiger partial charge in [0.1, 0.15) is 17.9 Å². The van der Waals surface area contributed by atoms with Gasteiger partial charge in [0.2, 0.25) is 0 Å². The predicted molar refractivity (Wildman–Crippen MR) is 78.3 cm³/mol. The number of hydrogen-bond acceptors (Lipinski definition) is 5. The Bertz CT molecular complexity index is 530. The first-order valence-corrected chi connectivity index (χ1v) is 6.35. The van der Waals surface area contributed by atoms with Gasteiger partial charge >= 0.3 is 5.97 Å². The van der Waals surface area contributed by atoms with E-state index in [2.05, 4.69) is 5.32 Å². The van der Waals surface area contributed by atoms with Crippen LogP contribution in [0.4, 0.5) is 5.69 Å². The average Bonchev–Trinajstić information content (AvgIpc) is 2.33. The molecule has 0 aliphatic rings. The molecule has 0 atom stereocenters. The number of anilines is 1. The van der Waals surface area contributed by atoms with Crippen molar-refractivity contribution in [2.24, 2.45) is 0 Å². The number of hydrogen-bond donors (Lipinski definition) is 2. The van der Waals surface area contributed by atoms with Crippen LogP contribution in [0, 0.1) is 5.41 Å². The van der Waals surface area contributed by atoms with Gasteiger partial charge in [-0.2, -0.15) is 0 Å². The highest BCUT2D eigenvalue weighted by Gasteiger charge is 2.17. The molecule has 0 bridgehead atoms. The molecule has 0 aromatic heterocycles. The van der Waals surface area contributed by atoms with E-state index in [4.69, 9.17) is 10.1 Å². The van der Waals surface area contributed by atoms with Crippen LogP contribution in [0.3, 0.4) is 0 Å². The van der Waals surface area contributed by atoms with Crippen LogP contribution in [0.2, 0.25) is 0 Å². The van der Waals surface area contributed by atoms with Gasteiger partial charge in [0.05, 0.1) is 0 Å². The van der Waals surface area contributed by atoms with E-state index < -0.39 is 5.60 Å². The van der Waals surface area contributed by atoms with Crippen LogP contribution in [0.5, 0.6) is 0 Å². The maximum Gasteiger partial charge on any atom is 0.325 e. The number of esters is 1. The summed E-state index contributed by atoms with van der Waals surface area (Å²) in [7, 11) is 0. The predicted octanol–water partition coefficient (Wildman–Crippen LogP) is 2.40. The third kappa shape index (κ3) is 4.84. The quantitative estimate of drug-likeness (QED) is 0.639. The molecule has 0 fully saturated rings. The van der Waals surface area contributed by atoms with Gasteiger partial charge < -0.3 is 10.1 Å². The zero-order valence-electron chi connectivity index (χ0n) is 12.2. The number of ether oxygens (including phenoxy) is 1. The Kier molecular flexibility index (Phi) is 5.02. The zero-order chi connectivity index (χ0) is 15.3. The Balaban J connectivity index is 2.76. The summed E-state index contributed by atoms with van der Waals surface area (Å²) in [5, 5.41) is 10.7. The van der Waals surface area contributed by atoms with Crippen LogP contribution in [0.25, 0.3) is 0 Å². The van der Waals surface area contributed by atoms with E-state index in [-0.39, 0.29) is 24.0 Å². The summed E-state index contributed by atoms with van der Waals surface area (Å²) in [4.78, 5) is 22.9. The van der Waals surface area contributed by atoms with E-state index >= 15 is 0 Å². The number of benzene rings is 1. The molecule has 0 saturated carbocycles. The van der Waals surface area contributed by atoms with Crippen molar-refractivity contribution < 1.29 is 14.3 Å². The molecule has 0 heterocycles. The van der Waals surface area contributed by atoms with Gasteiger partial charge in [-0.15, -0.1) is 0 Å². The molecule has 0 unspecified atom stereocenters. The molecule has 1 aromatic rings. The molecule has 108 valence electrons. The Morgan fingerprint density at radius 3 is 2.40 bits per heavy atom. The number of para-hydroxylation sites is 1. The van der Waals surface area contributed by atoms with E-state index in [1.165, 1.54) is 6.92 Å². The summed E-state index contributed by atoms with van der Waals surface area (Å²) in [5.74, 6) is -0.710. The Morgan fingerprint density at radius 2 is 1.85 bits per heavy atom. The minimum Gasteiger partial charge on any atom is -0.459 e. The highest BCUT2D eigenvalue weighted by molar-refractivity contribution is 6.45. The Morgan fingerprint density at radius 1 is 1.25 bits per heavy atom. The van der Waals surface area contributed by atoms with Crippen molar-refractivity contribution in [1.29, 1.82) is 5.41 Å². The molecule has 0 amide bonds. The first-order chi connectivity index (χ1) is 9.20. The van der Waals surface area contributed by atoms with Crippen molar-refractivity contribution in [1.82, 2.24) is 0 Å². The Hall–Kier alpha value is -2.17. The van der Waals surface area contributed by atoms with Gasteiger partial charge in [-0.3, -0.25) is 15.0 Å². The maximum absolute atomic E-state index is 11.6. The van der Waals surface area contributed by atoms with Crippen molar-refractivity contribution >= 4 is 23.2 Å². The van der Waals surface area contributed by atoms with E-state index in [1.54, 1.807) is 45.0 Å². The van der Waals surface area contributed by atoms with Gasteiger partial charge in [0.15, 0.2) is 5.78 Å². The van der Waals surface area contributed by atoms with Crippen molar-refractivity contribution in [2.75, 3.05) is 11.9 Å². The van der Waals surface area contributed by atoms with Crippen LogP contribution in [0.1, 0.15) is 33.3 Å². The number of carbonyl (C=O) groups excluding carboxylic acids is 2. The SMILES string of the molecule is CC(=O)C(=N)c1ccccc1NCC(=O)OC(C)(C)C. The normalized spacial score (nSPS) is 10.8. The van der Waals surface area contributed by atoms with E-state index in [0.29, 0.717) is 11.3 Å². The minimum absolute atomic E-state index is 0.0144. The summed E-state index contributed by atoms with van der Waals surface area (Å²) < 4.78 is 5.19. The van der Waals surface area contributed by atoms with Gasteiger partial charge in [0.25, 0.3) is 0 Å². The van der Waals surface area contributed by atoms with E-state index in [9.17, 15) is 9.59 Å². The van der Waals surface area contributed by atoms with E-state index in [1.807, 2.05) is 0 Å². The lowest BCUT2D eigenvalue weighted by Crippen LogP contribution is -2.28. The standard InChI is InChI=1S/C15H20N2O3/c1-10(18)14(16)11-7-5-6-8-12(11)17-9-13(19)20-15(2,3)4/h5-8,16-17H,9H2,1-4H3. The smallest absolute Gasteiger partial charge is 0.325 e. The summed E-state index contributed by atoms with van der Waals surface area (Å²) in [6, 6.07) is 6.90. The monoisotopic (exact) mass is 276 g/mol. The largest absolute Gasteiger partial charge is 0.459 e. The molecular weight excluding hydrogens is 256 g/mol. The average molecular weight is 276 g/mol. The highest BCUT2D eigenvalue weighted by Crippen LogP contribution is 2.16. The summed E-state index contributed by atoms with van der Waals surface area (Å²) in [5.41, 5.74) is 0.420. The second-order valence-corrected chi connectivity index (χ2v) is 5.42. The first-order valence-electron chi connectivity index (χ1n) is 6.35. The third-order valence-corrected chi connectivity index (χ3v) is 2.39. The summed E-state index contributed by atoms with van der Waals surface area (Å²) in [6.45, 7) is 6.71. The van der Waals surface area contributed by atoms with Gasteiger partial charge in [-0.05, 0) is 26.8 Å². The lowest BCUT2D eigenvalue weighted by atomic mass is 10.1. The molecule has 1 rings (SSSR count). The second-order valence-electron chi connectivity index (χ2n) is 5.42. The van der Waals surface area contributed by atoms with Crippen LogP contribution >= 0.6 is 0 Å². The van der Waals surface area contributed by atoms with Crippen molar-refractivity contribution in [3.63, 3.8) is 0 Å². The molecule has 5 heteroatoms. The molecular formula is C15H20N2O3. The summed E-state index contributed by atoms with van der Waals surface area (Å²) in [6.07, 6.45) is 0. The lowest BCUT2D eigenvalue weighted by Gasteiger charge is -2.20. The van der Waals surface area contributed by atoms with Crippen molar-refractivity contribution in [2.45, 2.75) is 33.3 Å². The van der Waals surface area contributed by atoms with Crippen molar-refractivity contribution in [3.05, 3.63) is 29.8 Å². The number of ketones is 1. The zero-order valence-corrected chi connectivity index (χ0v) is 12.2. The Labute approximate surface area is 118 Å². The number of nitrogens with one attached hydrogen (secondary N) is 2. The molecule has 0 aliphatic heterocycles. The fourth-order valence-corrected chi connectivity index (χ4v) is 1.59. The number of carbonyl (C=O) groups is 2. The van der Waals surface area contributed by atoms with Crippen LogP contribution in [-0.2, 0) is 14.3 Å². The molecule has 0 radical (unpaired) electrons. The molecule has 1 aromatic carbocycles. The van der Waals surface area contributed by atoms with Crippen LogP contribution in [0.15, 0.2) is 24.3 Å². The molecule has 0 aliphatic carbocycles. The fourth-order valence-electron chi connectivity index (χ4n) is 1.59. The van der Waals surface area contributed by atoms with Gasteiger partial charge in [0, 0.05) is 18.2 Å². The first kappa shape index (κ1) is 15.9. The molecule has 2 N–H and O–H groups in total. The molecule has 0 saturated heterocycles. The maximum atomic E-state index is 11.6. The van der Waals surface area contributed by atoms with Crippen molar-refractivity contribution in [3.8, 4) is 0 Å². The van der Waals surface area contributed by atoms with Crippen LogP contribution in [-0.4, -0.2) is 29.6 Å². The number of rotatable bonds is 5.